The van der Waals surface area contributed by atoms with Crippen LogP contribution in [-0.4, -0.2) is 23.3 Å². The molecule has 0 aliphatic carbocycles. The maximum absolute atomic E-state index is 13.4. The van der Waals surface area contributed by atoms with E-state index in [1.807, 2.05) is 42.5 Å². The molecule has 3 aromatic rings. The normalized spacial score (nSPS) is 17.5. The van der Waals surface area contributed by atoms with Gasteiger partial charge in [-0.15, -0.1) is 0 Å². The van der Waals surface area contributed by atoms with Crippen LogP contribution in [0.5, 0.6) is 0 Å². The molecule has 32 heavy (non-hydrogen) atoms. The average Bonchev–Trinajstić information content (AvgIpc) is 3.00. The minimum atomic E-state index is -1.93. The Morgan fingerprint density at radius 2 is 1.66 bits per heavy atom. The Morgan fingerprint density at radius 3 is 2.34 bits per heavy atom. The maximum atomic E-state index is 13.4. The lowest BCUT2D eigenvalue weighted by molar-refractivity contribution is -0.135. The third kappa shape index (κ3) is 4.34. The molecule has 1 N–H and O–H groups in total. The van der Waals surface area contributed by atoms with Gasteiger partial charge in [0.1, 0.15) is 0 Å². The average molecular weight is 448 g/mol. The van der Waals surface area contributed by atoms with Gasteiger partial charge < -0.3 is 10.0 Å². The van der Waals surface area contributed by atoms with Gasteiger partial charge in [0.2, 0.25) is 0 Å². The number of anilines is 1. The van der Waals surface area contributed by atoms with Gasteiger partial charge in [-0.3, -0.25) is 9.59 Å². The number of aryl methyl sites for hydroxylation is 1. The first-order chi connectivity index (χ1) is 15.4. The Balaban J connectivity index is 1.60. The predicted octanol–water partition coefficient (Wildman–Crippen LogP) is 5.34. The fraction of sp³-hybridized carbons (Fsp3) is 0.259. The molecule has 1 heterocycles. The van der Waals surface area contributed by atoms with Gasteiger partial charge in [-0.05, 0) is 42.2 Å². The molecular formula is C27H26ClNO3. The molecule has 0 spiro atoms. The van der Waals surface area contributed by atoms with Crippen LogP contribution < -0.4 is 4.90 Å². The summed E-state index contributed by atoms with van der Waals surface area (Å²) in [6, 6.07) is 22.3. The van der Waals surface area contributed by atoms with Crippen LogP contribution in [0, 0.1) is 0 Å². The number of amides is 1. The van der Waals surface area contributed by atoms with E-state index in [-0.39, 0.29) is 12.2 Å². The maximum Gasteiger partial charge on any atom is 0.264 e. The number of aliphatic hydroxyl groups is 1. The molecule has 0 bridgehead atoms. The van der Waals surface area contributed by atoms with Crippen LogP contribution in [0.3, 0.4) is 0 Å². The monoisotopic (exact) mass is 447 g/mol. The molecule has 4 rings (SSSR count). The quantitative estimate of drug-likeness (QED) is 0.474. The fourth-order valence-electron chi connectivity index (χ4n) is 4.28. The van der Waals surface area contributed by atoms with Crippen molar-refractivity contribution in [2.24, 2.45) is 0 Å². The highest BCUT2D eigenvalue weighted by Crippen LogP contribution is 2.44. The highest BCUT2D eigenvalue weighted by Gasteiger charge is 2.50. The van der Waals surface area contributed by atoms with E-state index in [9.17, 15) is 14.7 Å². The van der Waals surface area contributed by atoms with Crippen molar-refractivity contribution in [3.63, 3.8) is 0 Å². The summed E-state index contributed by atoms with van der Waals surface area (Å²) < 4.78 is 0. The number of benzene rings is 3. The Labute approximate surface area is 193 Å². The summed E-state index contributed by atoms with van der Waals surface area (Å²) in [5.74, 6) is -0.763. The second kappa shape index (κ2) is 9.27. The molecule has 164 valence electrons. The Hall–Kier alpha value is -2.95. The zero-order valence-corrected chi connectivity index (χ0v) is 18.8. The van der Waals surface area contributed by atoms with Crippen molar-refractivity contribution >= 4 is 29.0 Å². The predicted molar refractivity (Wildman–Crippen MR) is 127 cm³/mol. The van der Waals surface area contributed by atoms with Gasteiger partial charge in [-0.25, -0.2) is 0 Å². The van der Waals surface area contributed by atoms with Gasteiger partial charge >= 0.3 is 0 Å². The van der Waals surface area contributed by atoms with E-state index in [1.54, 1.807) is 35.2 Å². The second-order valence-electron chi connectivity index (χ2n) is 8.26. The van der Waals surface area contributed by atoms with Crippen LogP contribution in [0.15, 0.2) is 72.8 Å². The van der Waals surface area contributed by atoms with E-state index in [2.05, 4.69) is 6.92 Å². The van der Waals surface area contributed by atoms with Crippen molar-refractivity contribution in [2.75, 3.05) is 11.4 Å². The summed E-state index contributed by atoms with van der Waals surface area (Å²) in [6.07, 6.45) is 2.28. The molecule has 1 amide bonds. The van der Waals surface area contributed by atoms with Crippen LogP contribution in [0.4, 0.5) is 5.69 Å². The number of fused-ring (bicyclic) bond motifs is 1. The Bertz CT molecular complexity index is 1130. The lowest BCUT2D eigenvalue weighted by Gasteiger charge is -2.23. The van der Waals surface area contributed by atoms with Gasteiger partial charge in [-0.2, -0.15) is 0 Å². The van der Waals surface area contributed by atoms with Gasteiger partial charge in [0.05, 0.1) is 12.1 Å². The molecular weight excluding hydrogens is 422 g/mol. The number of halogens is 1. The third-order valence-corrected chi connectivity index (χ3v) is 6.23. The van der Waals surface area contributed by atoms with Crippen molar-refractivity contribution in [1.82, 2.24) is 0 Å². The van der Waals surface area contributed by atoms with Gasteiger partial charge in [0, 0.05) is 22.7 Å². The van der Waals surface area contributed by atoms with E-state index >= 15 is 0 Å². The van der Waals surface area contributed by atoms with Crippen molar-refractivity contribution in [3.8, 4) is 0 Å². The summed E-state index contributed by atoms with van der Waals surface area (Å²) in [5.41, 5.74) is 1.79. The van der Waals surface area contributed by atoms with Crippen molar-refractivity contribution in [3.05, 3.63) is 100 Å². The van der Waals surface area contributed by atoms with E-state index in [0.717, 1.165) is 24.0 Å². The third-order valence-electron chi connectivity index (χ3n) is 5.99. The summed E-state index contributed by atoms with van der Waals surface area (Å²) >= 11 is 6.19. The molecule has 3 aromatic carbocycles. The van der Waals surface area contributed by atoms with Crippen molar-refractivity contribution in [2.45, 2.75) is 38.2 Å². The lowest BCUT2D eigenvalue weighted by atomic mass is 9.88. The zero-order valence-electron chi connectivity index (χ0n) is 18.1. The standard InChI is InChI=1S/C27H26ClNO3/c1-2-6-19-9-11-21(12-10-19)25(30)18-27(32)23-17-22(28)13-14-24(23)29(26(27)31)16-15-20-7-4-3-5-8-20/h3-5,7-14,17,32H,2,6,15-16,18H2,1H3. The number of nitrogens with zero attached hydrogens (tertiary/aromatic N) is 1. The van der Waals surface area contributed by atoms with E-state index in [0.29, 0.717) is 34.8 Å². The Morgan fingerprint density at radius 1 is 0.969 bits per heavy atom. The molecule has 0 saturated carbocycles. The molecule has 1 aliphatic heterocycles. The highest BCUT2D eigenvalue weighted by atomic mass is 35.5. The van der Waals surface area contributed by atoms with Gasteiger partial charge in [-0.1, -0.05) is 79.5 Å². The zero-order chi connectivity index (χ0) is 22.7. The molecule has 4 nitrogen and oxygen atoms in total. The van der Waals surface area contributed by atoms with Crippen LogP contribution in [0.2, 0.25) is 5.02 Å². The second-order valence-corrected chi connectivity index (χ2v) is 8.70. The largest absolute Gasteiger partial charge is 0.375 e. The number of carbonyl (C=O) groups is 2. The summed E-state index contributed by atoms with van der Waals surface area (Å²) in [6.45, 7) is 2.51. The molecule has 0 saturated heterocycles. The Kier molecular flexibility index (Phi) is 6.45. The molecule has 0 aromatic heterocycles. The molecule has 5 heteroatoms. The van der Waals surface area contributed by atoms with Crippen molar-refractivity contribution < 1.29 is 14.7 Å². The van der Waals surface area contributed by atoms with Gasteiger partial charge in [0.15, 0.2) is 11.4 Å². The first-order valence-corrected chi connectivity index (χ1v) is 11.3. The minimum Gasteiger partial charge on any atom is -0.375 e. The lowest BCUT2D eigenvalue weighted by Crippen LogP contribution is -2.42. The smallest absolute Gasteiger partial charge is 0.264 e. The number of hydrogen-bond acceptors (Lipinski definition) is 3. The van der Waals surface area contributed by atoms with E-state index in [1.165, 1.54) is 0 Å². The number of Topliss-reactive ketones (excluding diaryl/α,β-unsaturated/α-hetero) is 1. The van der Waals surface area contributed by atoms with E-state index < -0.39 is 11.5 Å². The van der Waals surface area contributed by atoms with E-state index in [4.69, 9.17) is 11.6 Å². The number of ketones is 1. The summed E-state index contributed by atoms with van der Waals surface area (Å²) in [7, 11) is 0. The van der Waals surface area contributed by atoms with Crippen molar-refractivity contribution in [1.29, 1.82) is 0 Å². The highest BCUT2D eigenvalue weighted by molar-refractivity contribution is 6.31. The molecule has 1 atom stereocenters. The molecule has 1 unspecified atom stereocenters. The topological polar surface area (TPSA) is 57.6 Å². The van der Waals surface area contributed by atoms with Crippen LogP contribution in [0.1, 0.15) is 46.8 Å². The first-order valence-electron chi connectivity index (χ1n) is 10.9. The molecule has 0 fully saturated rings. The molecule has 1 aliphatic rings. The SMILES string of the molecule is CCCc1ccc(C(=O)CC2(O)C(=O)N(CCc3ccccc3)c3ccc(Cl)cc32)cc1. The number of rotatable bonds is 8. The summed E-state index contributed by atoms with van der Waals surface area (Å²) in [5, 5.41) is 11.9. The fourth-order valence-corrected chi connectivity index (χ4v) is 4.45. The number of hydrogen-bond donors (Lipinski definition) is 1. The first kappa shape index (κ1) is 22.3. The van der Waals surface area contributed by atoms with Crippen LogP contribution >= 0.6 is 11.6 Å². The summed E-state index contributed by atoms with van der Waals surface area (Å²) in [4.78, 5) is 28.0. The van der Waals surface area contributed by atoms with Gasteiger partial charge in [0.25, 0.3) is 5.91 Å². The number of carbonyl (C=O) groups excluding carboxylic acids is 2. The minimum absolute atomic E-state index is 0.278. The molecule has 0 radical (unpaired) electrons. The van der Waals surface area contributed by atoms with Crippen LogP contribution in [-0.2, 0) is 23.2 Å². The van der Waals surface area contributed by atoms with Crippen LogP contribution in [0.25, 0.3) is 0 Å².